The zero-order chi connectivity index (χ0) is 12.8. The van der Waals surface area contributed by atoms with E-state index in [0.717, 1.165) is 24.0 Å². The largest absolute Gasteiger partial charge is 0.302 e. The van der Waals surface area contributed by atoms with Crippen LogP contribution in [-0.2, 0) is 0 Å². The smallest absolute Gasteiger partial charge is 0.0256 e. The molecule has 19 heavy (non-hydrogen) atoms. The summed E-state index contributed by atoms with van der Waals surface area (Å²) in [7, 11) is 0. The van der Waals surface area contributed by atoms with Gasteiger partial charge in [-0.05, 0) is 57.7 Å². The molecule has 0 aromatic rings. The maximum Gasteiger partial charge on any atom is 0.0256 e. The molecule has 0 saturated carbocycles. The van der Waals surface area contributed by atoms with Gasteiger partial charge in [0.25, 0.3) is 0 Å². The molecule has 0 spiro atoms. The van der Waals surface area contributed by atoms with Gasteiger partial charge in [0.15, 0.2) is 0 Å². The number of hydrogen-bond acceptors (Lipinski definition) is 3. The monoisotopic (exact) mass is 263 g/mol. The number of piperazine rings is 1. The molecular weight excluding hydrogens is 234 g/mol. The van der Waals surface area contributed by atoms with Gasteiger partial charge in [0, 0.05) is 37.8 Å². The summed E-state index contributed by atoms with van der Waals surface area (Å²) in [4.78, 5) is 8.45. The summed E-state index contributed by atoms with van der Waals surface area (Å²) in [5.74, 6) is 1.01. The lowest BCUT2D eigenvalue weighted by Crippen LogP contribution is -2.65. The molecule has 3 heteroatoms. The van der Waals surface area contributed by atoms with Crippen molar-refractivity contribution in [1.29, 1.82) is 0 Å². The molecule has 3 unspecified atom stereocenters. The van der Waals surface area contributed by atoms with E-state index in [4.69, 9.17) is 0 Å². The third-order valence-electron chi connectivity index (χ3n) is 6.35. The second-order valence-corrected chi connectivity index (χ2v) is 7.26. The van der Waals surface area contributed by atoms with Gasteiger partial charge < -0.3 is 4.90 Å². The van der Waals surface area contributed by atoms with Crippen LogP contribution in [0.1, 0.15) is 39.0 Å². The fourth-order valence-corrected chi connectivity index (χ4v) is 5.19. The van der Waals surface area contributed by atoms with Crippen molar-refractivity contribution >= 4 is 0 Å². The molecule has 5 saturated heterocycles. The molecule has 2 bridgehead atoms. The second kappa shape index (κ2) is 5.01. The van der Waals surface area contributed by atoms with Crippen molar-refractivity contribution in [2.24, 2.45) is 5.92 Å². The Morgan fingerprint density at radius 2 is 1.79 bits per heavy atom. The van der Waals surface area contributed by atoms with Gasteiger partial charge in [-0.3, -0.25) is 9.80 Å². The fraction of sp³-hybridized carbons (Fsp3) is 1.00. The summed E-state index contributed by atoms with van der Waals surface area (Å²) in [5, 5.41) is 0. The van der Waals surface area contributed by atoms with Crippen LogP contribution in [0.3, 0.4) is 0 Å². The van der Waals surface area contributed by atoms with Crippen molar-refractivity contribution < 1.29 is 0 Å². The maximum atomic E-state index is 2.95. The maximum absolute atomic E-state index is 2.95. The summed E-state index contributed by atoms with van der Waals surface area (Å²) < 4.78 is 0. The van der Waals surface area contributed by atoms with Crippen LogP contribution in [-0.4, -0.2) is 72.1 Å². The number of piperidine rings is 3. The normalized spacial score (nSPS) is 47.5. The molecule has 5 aliphatic heterocycles. The second-order valence-electron chi connectivity index (χ2n) is 7.26. The molecule has 0 aromatic heterocycles. The Kier molecular flexibility index (Phi) is 3.33. The van der Waals surface area contributed by atoms with E-state index in [9.17, 15) is 0 Å². The Bertz CT molecular complexity index is 324. The highest BCUT2D eigenvalue weighted by atomic mass is 15.4. The lowest BCUT2D eigenvalue weighted by molar-refractivity contribution is -0.0533. The Hall–Kier alpha value is -0.120. The third kappa shape index (κ3) is 2.14. The Labute approximate surface area is 117 Å². The highest BCUT2D eigenvalue weighted by Gasteiger charge is 2.44. The summed E-state index contributed by atoms with van der Waals surface area (Å²) in [6, 6.07) is 2.60. The van der Waals surface area contributed by atoms with Crippen LogP contribution in [0.2, 0.25) is 0 Å². The third-order valence-corrected chi connectivity index (χ3v) is 6.35. The van der Waals surface area contributed by atoms with Gasteiger partial charge >= 0.3 is 0 Å². The minimum Gasteiger partial charge on any atom is -0.302 e. The molecule has 5 aliphatic rings. The van der Waals surface area contributed by atoms with Crippen LogP contribution in [0.4, 0.5) is 0 Å². The van der Waals surface area contributed by atoms with E-state index in [1.165, 1.54) is 71.4 Å². The predicted octanol–water partition coefficient (Wildman–Crippen LogP) is 1.64. The molecule has 0 aromatic carbocycles. The molecule has 0 N–H and O–H groups in total. The highest BCUT2D eigenvalue weighted by molar-refractivity contribution is 4.99. The predicted molar refractivity (Wildman–Crippen MR) is 78.3 cm³/mol. The summed E-state index contributed by atoms with van der Waals surface area (Å²) in [5.41, 5.74) is 0. The molecule has 5 rings (SSSR count). The van der Waals surface area contributed by atoms with Crippen LogP contribution in [0.25, 0.3) is 0 Å². The van der Waals surface area contributed by atoms with Crippen molar-refractivity contribution in [1.82, 2.24) is 14.7 Å². The zero-order valence-corrected chi connectivity index (χ0v) is 12.4. The quantitative estimate of drug-likeness (QED) is 0.750. The van der Waals surface area contributed by atoms with E-state index in [2.05, 4.69) is 21.6 Å². The minimum absolute atomic E-state index is 0.833. The molecule has 0 aliphatic carbocycles. The number of hydrogen-bond donors (Lipinski definition) is 0. The van der Waals surface area contributed by atoms with Gasteiger partial charge in [0.05, 0.1) is 0 Å². The van der Waals surface area contributed by atoms with Crippen LogP contribution in [0.5, 0.6) is 0 Å². The zero-order valence-electron chi connectivity index (χ0n) is 12.4. The van der Waals surface area contributed by atoms with Gasteiger partial charge in [0.2, 0.25) is 0 Å². The molecular formula is C16H29N3. The van der Waals surface area contributed by atoms with E-state index in [1.807, 2.05) is 0 Å². The van der Waals surface area contributed by atoms with Gasteiger partial charge in [-0.15, -0.1) is 0 Å². The topological polar surface area (TPSA) is 9.72 Å². The first-order chi connectivity index (χ1) is 9.35. The summed E-state index contributed by atoms with van der Waals surface area (Å²) >= 11 is 0. The van der Waals surface area contributed by atoms with Gasteiger partial charge in [-0.25, -0.2) is 0 Å². The molecule has 108 valence electrons. The first-order valence-corrected chi connectivity index (χ1v) is 8.57. The van der Waals surface area contributed by atoms with E-state index in [0.29, 0.717) is 0 Å². The average Bonchev–Trinajstić information content (AvgIpc) is 2.94. The lowest BCUT2D eigenvalue weighted by atomic mass is 9.81. The Morgan fingerprint density at radius 3 is 2.47 bits per heavy atom. The van der Waals surface area contributed by atoms with Crippen LogP contribution >= 0.6 is 0 Å². The SMILES string of the molecule is CCC1CN2CCCC2CN1C1CN2CCC1CC2. The number of fused-ring (bicyclic) bond motifs is 4. The van der Waals surface area contributed by atoms with Crippen molar-refractivity contribution in [2.45, 2.75) is 57.2 Å². The van der Waals surface area contributed by atoms with Crippen LogP contribution < -0.4 is 0 Å². The molecule has 0 radical (unpaired) electrons. The molecule has 5 heterocycles. The van der Waals surface area contributed by atoms with Gasteiger partial charge in [-0.1, -0.05) is 6.92 Å². The standard InChI is InChI=1S/C16H29N3/c1-2-14-10-18-7-3-4-15(18)11-19(14)16-12-17-8-5-13(16)6-9-17/h13-16H,2-12H2,1H3. The Morgan fingerprint density at radius 1 is 0.947 bits per heavy atom. The van der Waals surface area contributed by atoms with Crippen LogP contribution in [0.15, 0.2) is 0 Å². The van der Waals surface area contributed by atoms with Crippen molar-refractivity contribution in [3.05, 3.63) is 0 Å². The van der Waals surface area contributed by atoms with Gasteiger partial charge in [-0.2, -0.15) is 0 Å². The van der Waals surface area contributed by atoms with E-state index in [1.54, 1.807) is 0 Å². The van der Waals surface area contributed by atoms with Crippen molar-refractivity contribution in [3.8, 4) is 0 Å². The average molecular weight is 263 g/mol. The van der Waals surface area contributed by atoms with E-state index >= 15 is 0 Å². The first kappa shape index (κ1) is 12.6. The first-order valence-electron chi connectivity index (χ1n) is 8.57. The molecule has 3 nitrogen and oxygen atoms in total. The highest BCUT2D eigenvalue weighted by Crippen LogP contribution is 2.35. The lowest BCUT2D eigenvalue weighted by Gasteiger charge is -2.54. The summed E-state index contributed by atoms with van der Waals surface area (Å²) in [6.07, 6.45) is 7.16. The molecule has 0 amide bonds. The van der Waals surface area contributed by atoms with Gasteiger partial charge in [0.1, 0.15) is 0 Å². The van der Waals surface area contributed by atoms with E-state index in [-0.39, 0.29) is 0 Å². The molecule has 5 fully saturated rings. The fourth-order valence-electron chi connectivity index (χ4n) is 5.19. The Balaban J connectivity index is 1.52. The molecule has 3 atom stereocenters. The minimum atomic E-state index is 0.833. The van der Waals surface area contributed by atoms with E-state index < -0.39 is 0 Å². The van der Waals surface area contributed by atoms with Crippen molar-refractivity contribution in [2.75, 3.05) is 39.3 Å². The summed E-state index contributed by atoms with van der Waals surface area (Å²) in [6.45, 7) is 10.6. The number of nitrogens with zero attached hydrogens (tertiary/aromatic N) is 3. The number of rotatable bonds is 2. The van der Waals surface area contributed by atoms with Crippen molar-refractivity contribution in [3.63, 3.8) is 0 Å². The van der Waals surface area contributed by atoms with Crippen LogP contribution in [0, 0.1) is 5.92 Å².